The van der Waals surface area contributed by atoms with Gasteiger partial charge >= 0.3 is 11.9 Å². The van der Waals surface area contributed by atoms with Crippen LogP contribution in [-0.2, 0) is 4.74 Å². The van der Waals surface area contributed by atoms with Crippen molar-refractivity contribution in [1.29, 1.82) is 0 Å². The predicted molar refractivity (Wildman–Crippen MR) is 71.7 cm³/mol. The number of methoxy groups -OCH3 is 2. The van der Waals surface area contributed by atoms with Crippen LogP contribution >= 0.6 is 0 Å². The van der Waals surface area contributed by atoms with Gasteiger partial charge in [-0.3, -0.25) is 0 Å². The summed E-state index contributed by atoms with van der Waals surface area (Å²) < 4.78 is 15.3. The number of carbonyl (C=O) groups excluding carboxylic acids is 1. The van der Waals surface area contributed by atoms with E-state index in [-0.39, 0.29) is 22.6 Å². The maximum atomic E-state index is 12.1. The molecule has 0 bridgehead atoms. The van der Waals surface area contributed by atoms with Gasteiger partial charge in [0.15, 0.2) is 11.5 Å². The SMILES string of the molecule is COc1cc(C(=O)O)c(C(=O)OC(C)(C)C)cc1OC. The van der Waals surface area contributed by atoms with Crippen LogP contribution in [0.4, 0.5) is 0 Å². The second-order valence-corrected chi connectivity index (χ2v) is 5.06. The molecule has 6 nitrogen and oxygen atoms in total. The van der Waals surface area contributed by atoms with Crippen LogP contribution in [0.25, 0.3) is 0 Å². The van der Waals surface area contributed by atoms with Crippen LogP contribution in [0, 0.1) is 0 Å². The van der Waals surface area contributed by atoms with E-state index in [0.29, 0.717) is 0 Å². The normalized spacial score (nSPS) is 10.8. The molecule has 0 aliphatic heterocycles. The van der Waals surface area contributed by atoms with E-state index in [9.17, 15) is 14.7 Å². The fraction of sp³-hybridized carbons (Fsp3) is 0.429. The molecule has 0 radical (unpaired) electrons. The zero-order valence-electron chi connectivity index (χ0n) is 12.1. The minimum atomic E-state index is -1.24. The number of carboxylic acid groups (broad SMARTS) is 1. The van der Waals surface area contributed by atoms with Gasteiger partial charge in [-0.1, -0.05) is 0 Å². The first-order valence-electron chi connectivity index (χ1n) is 5.92. The summed E-state index contributed by atoms with van der Waals surface area (Å²) in [6, 6.07) is 2.54. The van der Waals surface area contributed by atoms with Gasteiger partial charge in [-0.25, -0.2) is 9.59 Å². The minimum absolute atomic E-state index is 0.0786. The molecule has 0 saturated heterocycles. The minimum Gasteiger partial charge on any atom is -0.493 e. The molecule has 1 aromatic rings. The molecule has 1 N–H and O–H groups in total. The topological polar surface area (TPSA) is 82.1 Å². The number of hydrogen-bond donors (Lipinski definition) is 1. The third-order valence-corrected chi connectivity index (χ3v) is 2.37. The Morgan fingerprint density at radius 1 is 1.00 bits per heavy atom. The second kappa shape index (κ2) is 5.81. The third-order valence-electron chi connectivity index (χ3n) is 2.37. The molecule has 6 heteroatoms. The van der Waals surface area contributed by atoms with Crippen molar-refractivity contribution in [3.63, 3.8) is 0 Å². The molecule has 0 fully saturated rings. The predicted octanol–water partition coefficient (Wildman–Crippen LogP) is 2.36. The highest BCUT2D eigenvalue weighted by molar-refractivity contribution is 6.03. The van der Waals surface area contributed by atoms with Crippen LogP contribution in [-0.4, -0.2) is 36.9 Å². The van der Waals surface area contributed by atoms with Gasteiger partial charge < -0.3 is 19.3 Å². The maximum absolute atomic E-state index is 12.1. The van der Waals surface area contributed by atoms with Crippen LogP contribution in [0.1, 0.15) is 41.5 Å². The molecule has 1 aromatic carbocycles. The summed E-state index contributed by atoms with van der Waals surface area (Å²) in [5.41, 5.74) is -0.998. The second-order valence-electron chi connectivity index (χ2n) is 5.06. The van der Waals surface area contributed by atoms with Crippen molar-refractivity contribution in [3.05, 3.63) is 23.3 Å². The summed E-state index contributed by atoms with van der Waals surface area (Å²) in [4.78, 5) is 23.3. The number of hydrogen-bond acceptors (Lipinski definition) is 5. The molecule has 0 aromatic heterocycles. The summed E-state index contributed by atoms with van der Waals surface area (Å²) in [6.07, 6.45) is 0. The number of carboxylic acids is 1. The molecular weight excluding hydrogens is 264 g/mol. The summed E-state index contributed by atoms with van der Waals surface area (Å²) >= 11 is 0. The third kappa shape index (κ3) is 3.63. The first-order valence-corrected chi connectivity index (χ1v) is 5.92. The van der Waals surface area contributed by atoms with E-state index in [1.165, 1.54) is 26.4 Å². The van der Waals surface area contributed by atoms with Crippen LogP contribution in [0.5, 0.6) is 11.5 Å². The van der Waals surface area contributed by atoms with E-state index in [2.05, 4.69) is 0 Å². The Morgan fingerprint density at radius 3 is 1.80 bits per heavy atom. The number of rotatable bonds is 4. The molecule has 0 aliphatic rings. The highest BCUT2D eigenvalue weighted by Gasteiger charge is 2.25. The Labute approximate surface area is 117 Å². The monoisotopic (exact) mass is 282 g/mol. The van der Waals surface area contributed by atoms with Crippen molar-refractivity contribution in [2.75, 3.05) is 14.2 Å². The lowest BCUT2D eigenvalue weighted by atomic mass is 10.1. The van der Waals surface area contributed by atoms with Crippen molar-refractivity contribution in [2.45, 2.75) is 26.4 Å². The summed E-state index contributed by atoms with van der Waals surface area (Å²) in [7, 11) is 2.79. The van der Waals surface area contributed by atoms with E-state index in [0.717, 1.165) is 0 Å². The molecule has 0 saturated carbocycles. The Balaban J connectivity index is 3.36. The smallest absolute Gasteiger partial charge is 0.339 e. The van der Waals surface area contributed by atoms with E-state index < -0.39 is 17.5 Å². The van der Waals surface area contributed by atoms with E-state index in [1.54, 1.807) is 20.8 Å². The largest absolute Gasteiger partial charge is 0.493 e. The zero-order valence-corrected chi connectivity index (χ0v) is 12.1. The molecule has 0 amide bonds. The van der Waals surface area contributed by atoms with Gasteiger partial charge in [-0.05, 0) is 32.9 Å². The Hall–Kier alpha value is -2.24. The lowest BCUT2D eigenvalue weighted by molar-refractivity contribution is 0.00654. The summed E-state index contributed by atoms with van der Waals surface area (Å²) in [5.74, 6) is -1.47. The van der Waals surface area contributed by atoms with E-state index in [1.807, 2.05) is 0 Å². The van der Waals surface area contributed by atoms with Gasteiger partial charge in [-0.2, -0.15) is 0 Å². The molecule has 110 valence electrons. The number of ether oxygens (including phenoxy) is 3. The average molecular weight is 282 g/mol. The van der Waals surface area contributed by atoms with Crippen molar-refractivity contribution in [3.8, 4) is 11.5 Å². The van der Waals surface area contributed by atoms with Gasteiger partial charge in [0, 0.05) is 0 Å². The van der Waals surface area contributed by atoms with Crippen molar-refractivity contribution in [1.82, 2.24) is 0 Å². The Morgan fingerprint density at radius 2 is 1.45 bits per heavy atom. The molecule has 1 rings (SSSR count). The quantitative estimate of drug-likeness (QED) is 0.854. The molecule has 0 unspecified atom stereocenters. The van der Waals surface area contributed by atoms with Gasteiger partial charge in [-0.15, -0.1) is 0 Å². The lowest BCUT2D eigenvalue weighted by Crippen LogP contribution is -2.25. The molecule has 0 heterocycles. The first-order chi connectivity index (χ1) is 9.19. The molecule has 20 heavy (non-hydrogen) atoms. The number of benzene rings is 1. The van der Waals surface area contributed by atoms with Crippen LogP contribution < -0.4 is 9.47 Å². The van der Waals surface area contributed by atoms with Gasteiger partial charge in [0.05, 0.1) is 25.3 Å². The van der Waals surface area contributed by atoms with E-state index >= 15 is 0 Å². The van der Waals surface area contributed by atoms with Crippen LogP contribution in [0.15, 0.2) is 12.1 Å². The lowest BCUT2D eigenvalue weighted by Gasteiger charge is -2.20. The fourth-order valence-corrected chi connectivity index (χ4v) is 1.56. The van der Waals surface area contributed by atoms with Crippen molar-refractivity contribution >= 4 is 11.9 Å². The van der Waals surface area contributed by atoms with Gasteiger partial charge in [0.1, 0.15) is 5.60 Å². The Bertz CT molecular complexity index is 527. The maximum Gasteiger partial charge on any atom is 0.339 e. The highest BCUT2D eigenvalue weighted by Crippen LogP contribution is 2.31. The molecule has 0 spiro atoms. The van der Waals surface area contributed by atoms with E-state index in [4.69, 9.17) is 14.2 Å². The molecule has 0 aliphatic carbocycles. The standard InChI is InChI=1S/C14H18O6/c1-14(2,3)20-13(17)9-7-11(19-5)10(18-4)6-8(9)12(15)16/h6-7H,1-5H3,(H,15,16). The average Bonchev–Trinajstić information content (AvgIpc) is 2.34. The Kier molecular flexibility index (Phi) is 4.60. The van der Waals surface area contributed by atoms with Crippen LogP contribution in [0.2, 0.25) is 0 Å². The fourth-order valence-electron chi connectivity index (χ4n) is 1.56. The number of esters is 1. The molecule has 0 atom stereocenters. The number of aromatic carboxylic acids is 1. The summed E-state index contributed by atoms with van der Waals surface area (Å²) in [6.45, 7) is 5.10. The molecular formula is C14H18O6. The zero-order chi connectivity index (χ0) is 15.5. The number of carbonyl (C=O) groups is 2. The van der Waals surface area contributed by atoms with Crippen LogP contribution in [0.3, 0.4) is 0 Å². The van der Waals surface area contributed by atoms with Crippen molar-refractivity contribution in [2.24, 2.45) is 0 Å². The van der Waals surface area contributed by atoms with Gasteiger partial charge in [0.2, 0.25) is 0 Å². The first kappa shape index (κ1) is 15.8. The summed E-state index contributed by atoms with van der Waals surface area (Å²) in [5, 5.41) is 9.19. The van der Waals surface area contributed by atoms with Gasteiger partial charge in [0.25, 0.3) is 0 Å². The highest BCUT2D eigenvalue weighted by atomic mass is 16.6. The van der Waals surface area contributed by atoms with Crippen molar-refractivity contribution < 1.29 is 28.9 Å².